The van der Waals surface area contributed by atoms with Crippen LogP contribution < -0.4 is 4.74 Å². The summed E-state index contributed by atoms with van der Waals surface area (Å²) in [5.41, 5.74) is 5.25. The number of thiophene rings is 1. The molecule has 5 aromatic rings. The summed E-state index contributed by atoms with van der Waals surface area (Å²) < 4.78 is 20.6. The highest BCUT2D eigenvalue weighted by Gasteiger charge is 2.20. The second kappa shape index (κ2) is 6.50. The molecule has 0 saturated heterocycles. The molecule has 1 N–H and O–H groups in total. The molecule has 4 heteroatoms. The van der Waals surface area contributed by atoms with Crippen molar-refractivity contribution in [3.63, 3.8) is 0 Å². The van der Waals surface area contributed by atoms with E-state index in [-0.39, 0.29) is 5.82 Å². The summed E-state index contributed by atoms with van der Waals surface area (Å²) in [6, 6.07) is 21.3. The summed E-state index contributed by atoms with van der Waals surface area (Å²) in [5, 5.41) is 2.14. The molecule has 0 atom stereocenters. The van der Waals surface area contributed by atoms with Crippen molar-refractivity contribution in [3.05, 3.63) is 78.1 Å². The van der Waals surface area contributed by atoms with Gasteiger partial charge in [-0.3, -0.25) is 0 Å². The predicted octanol–water partition coefficient (Wildman–Crippen LogP) is 7.17. The maximum Gasteiger partial charge on any atom is 0.123 e. The van der Waals surface area contributed by atoms with Crippen LogP contribution in [0.5, 0.6) is 5.75 Å². The number of aromatic amines is 1. The molecular weight excluding hydrogens is 369 g/mol. The Morgan fingerprint density at radius 3 is 2.46 bits per heavy atom. The minimum atomic E-state index is -0.235. The van der Waals surface area contributed by atoms with E-state index in [0.29, 0.717) is 0 Å². The fraction of sp³-hybridized carbons (Fsp3) is 0.0833. The van der Waals surface area contributed by atoms with Crippen LogP contribution in [0.1, 0.15) is 5.56 Å². The van der Waals surface area contributed by atoms with Crippen LogP contribution in [-0.4, -0.2) is 12.1 Å². The van der Waals surface area contributed by atoms with E-state index in [9.17, 15) is 4.39 Å². The predicted molar refractivity (Wildman–Crippen MR) is 116 cm³/mol. The van der Waals surface area contributed by atoms with E-state index >= 15 is 0 Å². The molecule has 0 aliphatic rings. The molecule has 0 amide bonds. The Bertz CT molecular complexity index is 1310. The zero-order valence-corrected chi connectivity index (χ0v) is 16.4. The molecule has 0 unspecified atom stereocenters. The van der Waals surface area contributed by atoms with E-state index in [1.807, 2.05) is 30.3 Å². The summed E-state index contributed by atoms with van der Waals surface area (Å²) in [6.07, 6.45) is 0. The minimum Gasteiger partial charge on any atom is -0.497 e. The minimum absolute atomic E-state index is 0.235. The molecule has 0 aliphatic heterocycles. The van der Waals surface area contributed by atoms with Gasteiger partial charge in [0.25, 0.3) is 0 Å². The third-order valence-corrected chi connectivity index (χ3v) is 6.50. The van der Waals surface area contributed by atoms with Gasteiger partial charge < -0.3 is 9.72 Å². The van der Waals surface area contributed by atoms with Crippen molar-refractivity contribution in [3.8, 4) is 27.4 Å². The van der Waals surface area contributed by atoms with Crippen LogP contribution in [-0.2, 0) is 0 Å². The van der Waals surface area contributed by atoms with Crippen molar-refractivity contribution >= 4 is 32.3 Å². The van der Waals surface area contributed by atoms with Crippen molar-refractivity contribution < 1.29 is 9.13 Å². The number of H-pyrrole nitrogens is 1. The molecule has 3 aromatic carbocycles. The van der Waals surface area contributed by atoms with Crippen LogP contribution in [0, 0.1) is 12.7 Å². The Morgan fingerprint density at radius 1 is 0.929 bits per heavy atom. The standard InChI is InChI=1S/C24H18FNOS/c1-14-18-5-3-4-6-21(18)28-24(14)23-22(15-7-10-17(27-2)11-8-15)19-13-16(25)9-12-20(19)26-23/h3-13,26H,1-2H3. The van der Waals surface area contributed by atoms with E-state index in [2.05, 4.69) is 36.2 Å². The number of aryl methyl sites for hydroxylation is 1. The maximum atomic E-state index is 14.1. The molecule has 0 bridgehead atoms. The van der Waals surface area contributed by atoms with E-state index < -0.39 is 0 Å². The highest BCUT2D eigenvalue weighted by atomic mass is 32.1. The number of nitrogens with one attached hydrogen (secondary N) is 1. The van der Waals surface area contributed by atoms with Gasteiger partial charge >= 0.3 is 0 Å². The Labute approximate surface area is 166 Å². The summed E-state index contributed by atoms with van der Waals surface area (Å²) in [5.74, 6) is 0.565. The van der Waals surface area contributed by atoms with Crippen molar-refractivity contribution in [2.75, 3.05) is 7.11 Å². The highest BCUT2D eigenvalue weighted by molar-refractivity contribution is 7.22. The zero-order chi connectivity index (χ0) is 19.3. The lowest BCUT2D eigenvalue weighted by Crippen LogP contribution is -1.85. The molecule has 5 rings (SSSR count). The number of fused-ring (bicyclic) bond motifs is 2. The van der Waals surface area contributed by atoms with Crippen LogP contribution in [0.4, 0.5) is 4.39 Å². The lowest BCUT2D eigenvalue weighted by Gasteiger charge is -2.07. The summed E-state index contributed by atoms with van der Waals surface area (Å²) in [7, 11) is 1.65. The van der Waals surface area contributed by atoms with Crippen LogP contribution in [0.15, 0.2) is 66.7 Å². The van der Waals surface area contributed by atoms with E-state index in [0.717, 1.165) is 33.5 Å². The number of methoxy groups -OCH3 is 1. The number of ether oxygens (including phenoxy) is 1. The monoisotopic (exact) mass is 387 g/mol. The molecule has 0 spiro atoms. The lowest BCUT2D eigenvalue weighted by molar-refractivity contribution is 0.415. The summed E-state index contributed by atoms with van der Waals surface area (Å²) in [6.45, 7) is 2.15. The average molecular weight is 387 g/mol. The number of rotatable bonds is 3. The molecular formula is C24H18FNOS. The average Bonchev–Trinajstić information content (AvgIpc) is 3.26. The Hall–Kier alpha value is -3.11. The van der Waals surface area contributed by atoms with E-state index in [1.54, 1.807) is 24.5 Å². The molecule has 0 saturated carbocycles. The number of benzene rings is 3. The van der Waals surface area contributed by atoms with Gasteiger partial charge in [-0.25, -0.2) is 4.39 Å². The van der Waals surface area contributed by atoms with Crippen molar-refractivity contribution in [1.29, 1.82) is 0 Å². The Balaban J connectivity index is 1.83. The molecule has 0 radical (unpaired) electrons. The number of aromatic nitrogens is 1. The van der Waals surface area contributed by atoms with Crippen LogP contribution in [0.3, 0.4) is 0 Å². The second-order valence-electron chi connectivity index (χ2n) is 6.85. The molecule has 28 heavy (non-hydrogen) atoms. The second-order valence-corrected chi connectivity index (χ2v) is 7.90. The lowest BCUT2D eigenvalue weighted by atomic mass is 9.99. The third kappa shape index (κ3) is 2.60. The summed E-state index contributed by atoms with van der Waals surface area (Å²) >= 11 is 1.76. The van der Waals surface area contributed by atoms with E-state index in [4.69, 9.17) is 4.74 Å². The SMILES string of the molecule is COc1ccc(-c2c(-c3sc4ccccc4c3C)[nH]c3ccc(F)cc23)cc1. The van der Waals surface area contributed by atoms with Gasteiger partial charge in [0, 0.05) is 21.2 Å². The van der Waals surface area contributed by atoms with Crippen molar-refractivity contribution in [2.45, 2.75) is 6.92 Å². The highest BCUT2D eigenvalue weighted by Crippen LogP contribution is 2.45. The largest absolute Gasteiger partial charge is 0.497 e. The van der Waals surface area contributed by atoms with Gasteiger partial charge in [0.2, 0.25) is 0 Å². The quantitative estimate of drug-likeness (QED) is 0.349. The molecule has 138 valence electrons. The Kier molecular flexibility index (Phi) is 3.95. The molecule has 0 fully saturated rings. The fourth-order valence-corrected chi connectivity index (χ4v) is 5.02. The van der Waals surface area contributed by atoms with Gasteiger partial charge in [0.05, 0.1) is 17.7 Å². The first-order chi connectivity index (χ1) is 13.7. The van der Waals surface area contributed by atoms with Crippen molar-refractivity contribution in [2.24, 2.45) is 0 Å². The maximum absolute atomic E-state index is 14.1. The first-order valence-corrected chi connectivity index (χ1v) is 9.91. The normalized spacial score (nSPS) is 11.4. The van der Waals surface area contributed by atoms with Gasteiger partial charge in [-0.05, 0) is 59.8 Å². The number of hydrogen-bond donors (Lipinski definition) is 1. The van der Waals surface area contributed by atoms with Gasteiger partial charge in [-0.1, -0.05) is 30.3 Å². The smallest absolute Gasteiger partial charge is 0.123 e. The number of hydrogen-bond acceptors (Lipinski definition) is 2. The topological polar surface area (TPSA) is 25.0 Å². The van der Waals surface area contributed by atoms with Crippen LogP contribution in [0.25, 0.3) is 42.7 Å². The van der Waals surface area contributed by atoms with Gasteiger partial charge in [0.15, 0.2) is 0 Å². The summed E-state index contributed by atoms with van der Waals surface area (Å²) in [4.78, 5) is 4.73. The van der Waals surface area contributed by atoms with E-state index in [1.165, 1.54) is 26.6 Å². The third-order valence-electron chi connectivity index (χ3n) is 5.21. The van der Waals surface area contributed by atoms with Crippen LogP contribution >= 0.6 is 11.3 Å². The fourth-order valence-electron chi connectivity index (χ4n) is 3.80. The molecule has 2 heterocycles. The Morgan fingerprint density at radius 2 is 1.71 bits per heavy atom. The molecule has 2 nitrogen and oxygen atoms in total. The van der Waals surface area contributed by atoms with Crippen LogP contribution in [0.2, 0.25) is 0 Å². The zero-order valence-electron chi connectivity index (χ0n) is 15.5. The first-order valence-electron chi connectivity index (χ1n) is 9.10. The first kappa shape index (κ1) is 17.0. The van der Waals surface area contributed by atoms with Gasteiger partial charge in [-0.15, -0.1) is 11.3 Å². The van der Waals surface area contributed by atoms with Gasteiger partial charge in [-0.2, -0.15) is 0 Å². The molecule has 0 aliphatic carbocycles. The van der Waals surface area contributed by atoms with Crippen molar-refractivity contribution in [1.82, 2.24) is 4.98 Å². The van der Waals surface area contributed by atoms with Gasteiger partial charge in [0.1, 0.15) is 11.6 Å². The number of halogens is 1. The molecule has 2 aromatic heterocycles.